The van der Waals surface area contributed by atoms with Gasteiger partial charge in [-0.1, -0.05) is 18.1 Å². The molecule has 1 amide bonds. The molecule has 2 nitrogen and oxygen atoms in total. The van der Waals surface area contributed by atoms with Crippen molar-refractivity contribution >= 4 is 5.91 Å². The fourth-order valence-corrected chi connectivity index (χ4v) is 1.13. The fraction of sp³-hybridized carbons (Fsp3) is 0.250. The van der Waals surface area contributed by atoms with Gasteiger partial charge in [-0.2, -0.15) is 0 Å². The number of hydrogen-bond donors (Lipinski definition) is 1. The third kappa shape index (κ3) is 2.81. The molecule has 0 aromatic heterocycles. The third-order valence-corrected chi connectivity index (χ3v) is 1.95. The molecule has 0 heterocycles. The van der Waals surface area contributed by atoms with Crippen molar-refractivity contribution in [1.82, 2.24) is 5.32 Å². The summed E-state index contributed by atoms with van der Waals surface area (Å²) in [6, 6.07) is 4.73. The molecule has 0 aliphatic carbocycles. The number of rotatable bonds is 2. The first-order valence-electron chi connectivity index (χ1n) is 4.59. The van der Waals surface area contributed by atoms with Crippen LogP contribution in [0, 0.1) is 24.6 Å². The molecule has 0 fully saturated rings. The second-order valence-electron chi connectivity index (χ2n) is 3.05. The van der Waals surface area contributed by atoms with E-state index in [1.54, 1.807) is 26.0 Å². The lowest BCUT2D eigenvalue weighted by molar-refractivity contribution is 0.0954. The van der Waals surface area contributed by atoms with E-state index in [4.69, 9.17) is 0 Å². The van der Waals surface area contributed by atoms with Crippen LogP contribution in [0.3, 0.4) is 0 Å². The lowest BCUT2D eigenvalue weighted by Crippen LogP contribution is -2.24. The van der Waals surface area contributed by atoms with Crippen molar-refractivity contribution < 1.29 is 9.18 Å². The number of halogens is 1. The molecule has 0 aliphatic heterocycles. The molecule has 0 spiro atoms. The second-order valence-corrected chi connectivity index (χ2v) is 3.05. The Kier molecular flexibility index (Phi) is 3.87. The second kappa shape index (κ2) is 5.16. The van der Waals surface area contributed by atoms with Crippen LogP contribution in [-0.2, 0) is 0 Å². The monoisotopic (exact) mass is 205 g/mol. The number of carbonyl (C=O) groups excluding carboxylic acids is 1. The number of benzene rings is 1. The maximum atomic E-state index is 13.5. The molecular weight excluding hydrogens is 193 g/mol. The molecule has 0 aliphatic rings. The van der Waals surface area contributed by atoms with E-state index in [1.165, 1.54) is 6.07 Å². The third-order valence-electron chi connectivity index (χ3n) is 1.95. The maximum absolute atomic E-state index is 13.5. The van der Waals surface area contributed by atoms with Crippen molar-refractivity contribution in [1.29, 1.82) is 0 Å². The first kappa shape index (κ1) is 11.3. The molecule has 0 radical (unpaired) electrons. The summed E-state index contributed by atoms with van der Waals surface area (Å²) in [5, 5.41) is 2.52. The molecule has 1 aromatic rings. The van der Waals surface area contributed by atoms with Crippen LogP contribution in [-0.4, -0.2) is 12.5 Å². The van der Waals surface area contributed by atoms with Crippen LogP contribution in [0.1, 0.15) is 22.8 Å². The maximum Gasteiger partial charge on any atom is 0.255 e. The summed E-state index contributed by atoms with van der Waals surface area (Å²) in [4.78, 5) is 11.5. The minimum atomic E-state index is -0.473. The van der Waals surface area contributed by atoms with Gasteiger partial charge in [0.25, 0.3) is 5.91 Å². The standard InChI is InChI=1S/C12H12FNO/c1-3-4-8-14-12(15)10-7-5-6-9(2)11(10)13/h5-7H,8H2,1-2H3,(H,14,15). The molecule has 0 saturated heterocycles. The van der Waals surface area contributed by atoms with Gasteiger partial charge in [0.05, 0.1) is 12.1 Å². The first-order valence-corrected chi connectivity index (χ1v) is 4.59. The van der Waals surface area contributed by atoms with Crippen molar-refractivity contribution in [3.63, 3.8) is 0 Å². The predicted octanol–water partition coefficient (Wildman–Crippen LogP) is 1.89. The van der Waals surface area contributed by atoms with E-state index < -0.39 is 11.7 Å². The van der Waals surface area contributed by atoms with E-state index in [2.05, 4.69) is 17.2 Å². The van der Waals surface area contributed by atoms with Crippen LogP contribution < -0.4 is 5.32 Å². The Morgan fingerprint density at radius 2 is 2.27 bits per heavy atom. The average molecular weight is 205 g/mol. The van der Waals surface area contributed by atoms with Crippen molar-refractivity contribution in [2.75, 3.05) is 6.54 Å². The molecule has 1 rings (SSSR count). The van der Waals surface area contributed by atoms with Crippen LogP contribution >= 0.6 is 0 Å². The van der Waals surface area contributed by atoms with E-state index in [9.17, 15) is 9.18 Å². The van der Waals surface area contributed by atoms with Gasteiger partial charge in [-0.3, -0.25) is 4.79 Å². The van der Waals surface area contributed by atoms with Crippen LogP contribution in [0.2, 0.25) is 0 Å². The lowest BCUT2D eigenvalue weighted by atomic mass is 10.1. The highest BCUT2D eigenvalue weighted by molar-refractivity contribution is 5.94. The number of aryl methyl sites for hydroxylation is 1. The summed E-state index contributed by atoms with van der Waals surface area (Å²) in [6.45, 7) is 3.54. The van der Waals surface area contributed by atoms with E-state index in [0.29, 0.717) is 5.56 Å². The summed E-state index contributed by atoms with van der Waals surface area (Å²) >= 11 is 0. The molecule has 15 heavy (non-hydrogen) atoms. The number of hydrogen-bond acceptors (Lipinski definition) is 1. The minimum absolute atomic E-state index is 0.0629. The SMILES string of the molecule is CC#CCNC(=O)c1cccc(C)c1F. The smallest absolute Gasteiger partial charge is 0.255 e. The van der Waals surface area contributed by atoms with Gasteiger partial charge in [0.15, 0.2) is 0 Å². The quantitative estimate of drug-likeness (QED) is 0.734. The van der Waals surface area contributed by atoms with Gasteiger partial charge in [0.1, 0.15) is 5.82 Å². The molecular formula is C12H12FNO. The van der Waals surface area contributed by atoms with Gasteiger partial charge in [-0.05, 0) is 25.5 Å². The van der Waals surface area contributed by atoms with Gasteiger partial charge in [-0.15, -0.1) is 5.92 Å². The number of amides is 1. The highest BCUT2D eigenvalue weighted by atomic mass is 19.1. The van der Waals surface area contributed by atoms with Gasteiger partial charge in [0, 0.05) is 0 Å². The predicted molar refractivity (Wildman–Crippen MR) is 56.9 cm³/mol. The van der Waals surface area contributed by atoms with Gasteiger partial charge < -0.3 is 5.32 Å². The normalized spacial score (nSPS) is 9.00. The van der Waals surface area contributed by atoms with Crippen molar-refractivity contribution in [3.05, 3.63) is 35.1 Å². The van der Waals surface area contributed by atoms with Crippen LogP contribution in [0.4, 0.5) is 4.39 Å². The van der Waals surface area contributed by atoms with Crippen molar-refractivity contribution in [2.45, 2.75) is 13.8 Å². The van der Waals surface area contributed by atoms with Gasteiger partial charge in [-0.25, -0.2) is 4.39 Å². The Labute approximate surface area is 88.5 Å². The zero-order chi connectivity index (χ0) is 11.3. The Bertz CT molecular complexity index is 429. The average Bonchev–Trinajstić information content (AvgIpc) is 2.22. The molecule has 1 N–H and O–H groups in total. The number of carbonyl (C=O) groups is 1. The zero-order valence-electron chi connectivity index (χ0n) is 8.73. The Morgan fingerprint density at radius 3 is 2.93 bits per heavy atom. The summed E-state index contributed by atoms with van der Waals surface area (Å²) in [7, 11) is 0. The van der Waals surface area contributed by atoms with Gasteiger partial charge in [0.2, 0.25) is 0 Å². The van der Waals surface area contributed by atoms with E-state index in [-0.39, 0.29) is 12.1 Å². The molecule has 78 valence electrons. The largest absolute Gasteiger partial charge is 0.341 e. The zero-order valence-corrected chi connectivity index (χ0v) is 8.73. The molecule has 1 aromatic carbocycles. The Balaban J connectivity index is 2.81. The summed E-state index contributed by atoms with van der Waals surface area (Å²) < 4.78 is 13.5. The van der Waals surface area contributed by atoms with E-state index in [0.717, 1.165) is 0 Å². The molecule has 0 atom stereocenters. The van der Waals surface area contributed by atoms with E-state index >= 15 is 0 Å². The molecule has 0 unspecified atom stereocenters. The molecule has 3 heteroatoms. The van der Waals surface area contributed by atoms with Crippen LogP contribution in [0.5, 0.6) is 0 Å². The minimum Gasteiger partial charge on any atom is -0.341 e. The van der Waals surface area contributed by atoms with Gasteiger partial charge >= 0.3 is 0 Å². The fourth-order valence-electron chi connectivity index (χ4n) is 1.13. The summed E-state index contributed by atoms with van der Waals surface area (Å²) in [6.07, 6.45) is 0. The topological polar surface area (TPSA) is 29.1 Å². The Hall–Kier alpha value is -1.82. The highest BCUT2D eigenvalue weighted by Crippen LogP contribution is 2.11. The Morgan fingerprint density at radius 1 is 1.53 bits per heavy atom. The lowest BCUT2D eigenvalue weighted by Gasteiger charge is -2.04. The number of nitrogens with one attached hydrogen (secondary N) is 1. The highest BCUT2D eigenvalue weighted by Gasteiger charge is 2.11. The summed E-state index contributed by atoms with van der Waals surface area (Å²) in [5.41, 5.74) is 0.525. The van der Waals surface area contributed by atoms with Crippen LogP contribution in [0.25, 0.3) is 0 Å². The van der Waals surface area contributed by atoms with Crippen molar-refractivity contribution in [3.8, 4) is 11.8 Å². The van der Waals surface area contributed by atoms with Crippen molar-refractivity contribution in [2.24, 2.45) is 0 Å². The molecule has 0 saturated carbocycles. The first-order chi connectivity index (χ1) is 7.16. The van der Waals surface area contributed by atoms with E-state index in [1.807, 2.05) is 0 Å². The summed E-state index contributed by atoms with van der Waals surface area (Å²) in [5.74, 6) is 4.42. The molecule has 0 bridgehead atoms. The van der Waals surface area contributed by atoms with Crippen LogP contribution in [0.15, 0.2) is 18.2 Å².